The maximum Gasteiger partial charge on any atom is 0.338 e. The molecule has 0 fully saturated rings. The summed E-state index contributed by atoms with van der Waals surface area (Å²) >= 11 is 7.14. The molecule has 0 saturated heterocycles. The van der Waals surface area contributed by atoms with Crippen LogP contribution in [0.15, 0.2) is 61.9 Å². The van der Waals surface area contributed by atoms with Gasteiger partial charge in [0, 0.05) is 28.3 Å². The quantitative estimate of drug-likeness (QED) is 0.0994. The first kappa shape index (κ1) is 25.5. The van der Waals surface area contributed by atoms with Crippen LogP contribution in [-0.4, -0.2) is 12.6 Å². The van der Waals surface area contributed by atoms with E-state index in [1.807, 2.05) is 42.5 Å². The van der Waals surface area contributed by atoms with Crippen molar-refractivity contribution >= 4 is 54.5 Å². The topological polar surface area (TPSA) is 91.0 Å². The van der Waals surface area contributed by atoms with Crippen LogP contribution in [0.1, 0.15) is 55.8 Å². The zero-order valence-corrected chi connectivity index (χ0v) is 22.9. The smallest absolute Gasteiger partial charge is 0.338 e. The van der Waals surface area contributed by atoms with Gasteiger partial charge < -0.3 is 14.9 Å². The number of hydrogen-bond acceptors (Lipinski definition) is 4. The fourth-order valence-electron chi connectivity index (χ4n) is 4.28. The van der Waals surface area contributed by atoms with E-state index in [9.17, 15) is 4.79 Å². The lowest BCUT2D eigenvalue weighted by atomic mass is 9.90. The Morgan fingerprint density at radius 3 is 2.49 bits per heavy atom. The average molecular weight is 601 g/mol. The summed E-state index contributed by atoms with van der Waals surface area (Å²) in [6.07, 6.45) is 6.80. The van der Waals surface area contributed by atoms with Gasteiger partial charge in [-0.3, -0.25) is 5.41 Å². The molecule has 35 heavy (non-hydrogen) atoms. The van der Waals surface area contributed by atoms with Crippen LogP contribution in [0, 0.1) is 0 Å². The van der Waals surface area contributed by atoms with Crippen molar-refractivity contribution in [1.29, 1.82) is 0 Å². The standard InChI is InChI=1S/C28H28Br2N2O3/c1-2-3-4-5-6-9-16-34-28(33)18-11-8-7-10-17(18)23-19-12-14-21(31)24(29)26(19)35-27-20(23)13-15-22(32)25(27)30/h7-8,10-15,31H,2-6,9,16,32H2,1H3/p+1. The number of nitrogen functional groups attached to an aromatic ring is 1. The highest BCUT2D eigenvalue weighted by molar-refractivity contribution is 9.11. The van der Waals surface area contributed by atoms with Crippen LogP contribution in [0.2, 0.25) is 0 Å². The largest absolute Gasteiger partial charge is 0.462 e. The van der Waals surface area contributed by atoms with Crippen LogP contribution >= 0.6 is 31.9 Å². The van der Waals surface area contributed by atoms with Gasteiger partial charge in [0.05, 0.1) is 16.6 Å². The van der Waals surface area contributed by atoms with Crippen molar-refractivity contribution in [3.8, 4) is 22.5 Å². The average Bonchev–Trinajstić information content (AvgIpc) is 2.87. The lowest BCUT2D eigenvalue weighted by molar-refractivity contribution is -0.173. The fourth-order valence-corrected chi connectivity index (χ4v) is 5.13. The molecule has 0 atom stereocenters. The zero-order valence-electron chi connectivity index (χ0n) is 19.7. The summed E-state index contributed by atoms with van der Waals surface area (Å²) in [6.45, 7) is 2.61. The van der Waals surface area contributed by atoms with Crippen LogP contribution in [0.3, 0.4) is 0 Å². The number of benzene rings is 3. The van der Waals surface area contributed by atoms with E-state index >= 15 is 0 Å². The molecule has 1 heterocycles. The maximum absolute atomic E-state index is 13.2. The van der Waals surface area contributed by atoms with Crippen molar-refractivity contribution in [1.82, 2.24) is 0 Å². The molecule has 0 unspecified atom stereocenters. The van der Waals surface area contributed by atoms with Crippen LogP contribution in [0.25, 0.3) is 33.4 Å². The van der Waals surface area contributed by atoms with Gasteiger partial charge in [-0.05, 0) is 68.1 Å². The van der Waals surface area contributed by atoms with Gasteiger partial charge in [0.15, 0.2) is 11.3 Å². The Labute approximate surface area is 221 Å². The van der Waals surface area contributed by atoms with Crippen molar-refractivity contribution in [2.24, 2.45) is 0 Å². The third kappa shape index (κ3) is 5.31. The van der Waals surface area contributed by atoms with E-state index in [1.54, 1.807) is 6.07 Å². The van der Waals surface area contributed by atoms with Crippen molar-refractivity contribution in [3.63, 3.8) is 0 Å². The second-order valence-electron chi connectivity index (χ2n) is 8.62. The predicted octanol–water partition coefficient (Wildman–Crippen LogP) is 6.49. The minimum Gasteiger partial charge on any atom is -0.462 e. The molecule has 2 aromatic rings. The van der Waals surface area contributed by atoms with Gasteiger partial charge in [-0.2, -0.15) is 0 Å². The summed E-state index contributed by atoms with van der Waals surface area (Å²) < 4.78 is 13.3. The number of halogens is 2. The SMILES string of the molecule is CCCCCCCCOC(=O)c1ccccc1-c1c2ccc(=[NH2+])c(Br)c-2oc2c(Br)c(N)ccc12. The van der Waals surface area contributed by atoms with Crippen LogP contribution in [-0.2, 0) is 4.74 Å². The first-order valence-electron chi connectivity index (χ1n) is 11.9. The van der Waals surface area contributed by atoms with Crippen LogP contribution in [0.5, 0.6) is 0 Å². The number of unbranched alkanes of at least 4 members (excludes halogenated alkanes) is 5. The summed E-state index contributed by atoms with van der Waals surface area (Å²) in [7, 11) is 0. The summed E-state index contributed by atoms with van der Waals surface area (Å²) in [5.74, 6) is 0.245. The Kier molecular flexibility index (Phi) is 8.29. The van der Waals surface area contributed by atoms with Gasteiger partial charge in [0.1, 0.15) is 4.47 Å². The van der Waals surface area contributed by atoms with Gasteiger partial charge in [0.2, 0.25) is 5.36 Å². The number of rotatable bonds is 9. The van der Waals surface area contributed by atoms with E-state index in [-0.39, 0.29) is 5.97 Å². The molecule has 7 heteroatoms. The van der Waals surface area contributed by atoms with E-state index in [4.69, 9.17) is 20.3 Å². The van der Waals surface area contributed by atoms with E-state index in [0.29, 0.717) is 43.5 Å². The molecule has 1 aliphatic heterocycles. The fraction of sp³-hybridized carbons (Fsp3) is 0.286. The van der Waals surface area contributed by atoms with E-state index < -0.39 is 0 Å². The third-order valence-electron chi connectivity index (χ3n) is 6.14. The molecule has 2 aromatic carbocycles. The Morgan fingerprint density at radius 1 is 0.943 bits per heavy atom. The monoisotopic (exact) mass is 599 g/mol. The molecule has 1 aliphatic carbocycles. The summed E-state index contributed by atoms with van der Waals surface area (Å²) in [5.41, 5.74) is 10.2. The number of fused-ring (bicyclic) bond motifs is 2. The highest BCUT2D eigenvalue weighted by atomic mass is 79.9. The number of hydrogen-bond donors (Lipinski definition) is 2. The van der Waals surface area contributed by atoms with E-state index in [0.717, 1.165) is 34.9 Å². The van der Waals surface area contributed by atoms with Crippen molar-refractivity contribution in [2.45, 2.75) is 45.4 Å². The molecule has 2 aliphatic rings. The zero-order chi connectivity index (χ0) is 24.9. The molecule has 0 radical (unpaired) electrons. The van der Waals surface area contributed by atoms with Gasteiger partial charge in [-0.25, -0.2) is 4.79 Å². The van der Waals surface area contributed by atoms with E-state index in [1.165, 1.54) is 25.7 Å². The first-order chi connectivity index (χ1) is 16.9. The molecule has 5 nitrogen and oxygen atoms in total. The van der Waals surface area contributed by atoms with Crippen LogP contribution in [0.4, 0.5) is 5.69 Å². The molecule has 4 N–H and O–H groups in total. The Balaban J connectivity index is 1.77. The minimum absolute atomic E-state index is 0.333. The maximum atomic E-state index is 13.2. The molecule has 182 valence electrons. The molecular weight excluding hydrogens is 572 g/mol. The highest BCUT2D eigenvalue weighted by Gasteiger charge is 2.25. The number of anilines is 1. The number of carbonyl (C=O) groups is 1. The lowest BCUT2D eigenvalue weighted by Gasteiger charge is -2.19. The number of nitrogens with two attached hydrogens (primary N) is 2. The molecule has 0 spiro atoms. The highest BCUT2D eigenvalue weighted by Crippen LogP contribution is 2.45. The molecule has 0 aromatic heterocycles. The van der Waals surface area contributed by atoms with E-state index in [2.05, 4.69) is 38.8 Å². The third-order valence-corrected chi connectivity index (χ3v) is 7.78. The van der Waals surface area contributed by atoms with Crippen molar-refractivity contribution < 1.29 is 19.4 Å². The van der Waals surface area contributed by atoms with Crippen molar-refractivity contribution in [3.05, 3.63) is 68.4 Å². The molecule has 4 rings (SSSR count). The van der Waals surface area contributed by atoms with Gasteiger partial charge >= 0.3 is 5.97 Å². The molecule has 0 saturated carbocycles. The van der Waals surface area contributed by atoms with Crippen molar-refractivity contribution in [2.75, 3.05) is 12.3 Å². The van der Waals surface area contributed by atoms with Gasteiger partial charge in [0.25, 0.3) is 0 Å². The summed E-state index contributed by atoms with van der Waals surface area (Å²) in [5, 5.41) is 7.53. The minimum atomic E-state index is -0.333. The Morgan fingerprint density at radius 2 is 1.69 bits per heavy atom. The number of carbonyl (C=O) groups excluding carboxylic acids is 1. The normalized spacial score (nSPS) is 11.3. The predicted molar refractivity (Wildman–Crippen MR) is 147 cm³/mol. The first-order valence-corrected chi connectivity index (χ1v) is 13.5. The number of esters is 1. The summed E-state index contributed by atoms with van der Waals surface area (Å²) in [4.78, 5) is 13.2. The lowest BCUT2D eigenvalue weighted by Crippen LogP contribution is -2.45. The second kappa shape index (κ2) is 11.4. The molecular formula is C28H29Br2N2O3+. The number of ether oxygens (including phenoxy) is 1. The molecule has 0 bridgehead atoms. The summed E-state index contributed by atoms with van der Waals surface area (Å²) in [6, 6.07) is 15.0. The van der Waals surface area contributed by atoms with Gasteiger partial charge in [-0.1, -0.05) is 57.2 Å². The Bertz CT molecular complexity index is 1400. The van der Waals surface area contributed by atoms with Crippen LogP contribution < -0.4 is 16.5 Å². The Hall–Kier alpha value is -2.64. The van der Waals surface area contributed by atoms with Gasteiger partial charge in [-0.15, -0.1) is 0 Å². The molecule has 0 amide bonds. The second-order valence-corrected chi connectivity index (χ2v) is 10.2.